The Morgan fingerprint density at radius 3 is 1.59 bits per heavy atom. The van der Waals surface area contributed by atoms with Crippen LogP contribution in [0.5, 0.6) is 0 Å². The molecule has 0 aromatic carbocycles. The van der Waals surface area contributed by atoms with Gasteiger partial charge in [0.25, 0.3) is 0 Å². The van der Waals surface area contributed by atoms with Crippen LogP contribution in [0.15, 0.2) is 0 Å². The van der Waals surface area contributed by atoms with Gasteiger partial charge >= 0.3 is 0 Å². The van der Waals surface area contributed by atoms with Gasteiger partial charge in [-0.15, -0.1) is 0 Å². The van der Waals surface area contributed by atoms with Gasteiger partial charge in [-0.25, -0.2) is 0 Å². The Balaban J connectivity index is 3.06. The molecule has 2 heteroatoms. The van der Waals surface area contributed by atoms with Crippen LogP contribution < -0.4 is 0 Å². The van der Waals surface area contributed by atoms with Crippen molar-refractivity contribution in [3.63, 3.8) is 0 Å². The highest BCUT2D eigenvalue weighted by molar-refractivity contribution is 4.98. The minimum Gasteiger partial charge on any atom is -0.304 e. The van der Waals surface area contributed by atoms with Crippen molar-refractivity contribution >= 4 is 0 Å². The highest BCUT2D eigenvalue weighted by Crippen LogP contribution is 2.53. The van der Waals surface area contributed by atoms with Crippen molar-refractivity contribution in [1.29, 1.82) is 0 Å². The first kappa shape index (κ1) is 25.0. The van der Waals surface area contributed by atoms with Crippen molar-refractivity contribution in [2.75, 3.05) is 33.2 Å². The van der Waals surface area contributed by atoms with Crippen molar-refractivity contribution in [2.24, 2.45) is 27.6 Å². The lowest BCUT2D eigenvalue weighted by atomic mass is 9.55. The summed E-state index contributed by atoms with van der Waals surface area (Å²) in [4.78, 5) is 5.27. The Kier molecular flexibility index (Phi) is 8.08. The normalized spacial score (nSPS) is 21.3. The van der Waals surface area contributed by atoms with E-state index in [1.807, 2.05) is 0 Å². The smallest absolute Gasteiger partial charge is 0.0150 e. The summed E-state index contributed by atoms with van der Waals surface area (Å²) in [5, 5.41) is 0. The molecule has 2 nitrogen and oxygen atoms in total. The lowest BCUT2D eigenvalue weighted by Crippen LogP contribution is -2.55. The molecule has 1 heterocycles. The Morgan fingerprint density at radius 1 is 0.741 bits per heavy atom. The number of rotatable bonds is 7. The van der Waals surface area contributed by atoms with E-state index in [0.29, 0.717) is 27.7 Å². The minimum atomic E-state index is 0.306. The highest BCUT2D eigenvalue weighted by atomic mass is 15.3. The molecule has 0 aromatic rings. The molecule has 0 radical (unpaired) electrons. The molecular formula is C25H52N2. The average molecular weight is 381 g/mol. The first-order valence-electron chi connectivity index (χ1n) is 11.4. The molecule has 2 unspecified atom stereocenters. The van der Waals surface area contributed by atoms with E-state index >= 15 is 0 Å². The molecule has 2 atom stereocenters. The van der Waals surface area contributed by atoms with Crippen LogP contribution in [0.2, 0.25) is 0 Å². The third-order valence-electron chi connectivity index (χ3n) is 7.80. The van der Waals surface area contributed by atoms with Crippen LogP contribution in [0.25, 0.3) is 0 Å². The molecule has 0 saturated carbocycles. The van der Waals surface area contributed by atoms with Crippen LogP contribution >= 0.6 is 0 Å². The number of nitrogens with zero attached hydrogens (tertiary/aromatic N) is 2. The van der Waals surface area contributed by atoms with E-state index in [2.05, 4.69) is 93.0 Å². The SMILES string of the molecule is CCC(CC(C)(C)C)C(C)(C)C(C)(C)CC(N1CCN(C)CC1)C(C)(C)C. The van der Waals surface area contributed by atoms with Crippen LogP contribution in [0.4, 0.5) is 0 Å². The van der Waals surface area contributed by atoms with Crippen molar-refractivity contribution in [3.8, 4) is 0 Å². The van der Waals surface area contributed by atoms with Gasteiger partial charge in [0.2, 0.25) is 0 Å². The van der Waals surface area contributed by atoms with Crippen LogP contribution in [-0.2, 0) is 0 Å². The molecular weight excluding hydrogens is 328 g/mol. The molecule has 1 rings (SSSR count). The Hall–Kier alpha value is -0.0800. The van der Waals surface area contributed by atoms with Gasteiger partial charge in [-0.2, -0.15) is 0 Å². The van der Waals surface area contributed by atoms with Crippen LogP contribution in [0, 0.1) is 27.6 Å². The fourth-order valence-electron chi connectivity index (χ4n) is 5.06. The number of likely N-dealkylation sites (N-methyl/N-ethyl adjacent to an activating group) is 1. The van der Waals surface area contributed by atoms with Crippen molar-refractivity contribution < 1.29 is 0 Å². The van der Waals surface area contributed by atoms with Crippen LogP contribution in [0.1, 0.15) is 95.4 Å². The summed E-state index contributed by atoms with van der Waals surface area (Å²) in [7, 11) is 2.26. The standard InChI is InChI=1S/C25H52N2/c1-13-20(18-22(2,3)4)25(10,11)24(8,9)19-21(23(5,6)7)27-16-14-26(12)15-17-27/h20-21H,13-19H2,1-12H3. The van der Waals surface area contributed by atoms with E-state index in [1.54, 1.807) is 0 Å². The van der Waals surface area contributed by atoms with Crippen molar-refractivity contribution in [2.45, 2.75) is 101 Å². The first-order valence-corrected chi connectivity index (χ1v) is 11.4. The highest BCUT2D eigenvalue weighted by Gasteiger charge is 2.46. The van der Waals surface area contributed by atoms with E-state index in [9.17, 15) is 0 Å². The van der Waals surface area contributed by atoms with Gasteiger partial charge in [0.1, 0.15) is 0 Å². The maximum Gasteiger partial charge on any atom is 0.0150 e. The third kappa shape index (κ3) is 6.74. The number of hydrogen-bond donors (Lipinski definition) is 0. The fraction of sp³-hybridized carbons (Fsp3) is 1.00. The molecule has 1 aliphatic heterocycles. The molecule has 0 bridgehead atoms. The summed E-state index contributed by atoms with van der Waals surface area (Å²) in [5.41, 5.74) is 1.34. The Labute approximate surface area is 172 Å². The summed E-state index contributed by atoms with van der Waals surface area (Å²) < 4.78 is 0. The van der Waals surface area contributed by atoms with E-state index in [0.717, 1.165) is 5.92 Å². The molecule has 1 fully saturated rings. The van der Waals surface area contributed by atoms with Gasteiger partial charge in [0.05, 0.1) is 0 Å². The molecule has 1 aliphatic rings. The third-order valence-corrected chi connectivity index (χ3v) is 7.80. The maximum absolute atomic E-state index is 2.79. The zero-order valence-electron chi connectivity index (χ0n) is 21.0. The zero-order chi connectivity index (χ0) is 21.3. The quantitative estimate of drug-likeness (QED) is 0.494. The molecule has 0 spiro atoms. The van der Waals surface area contributed by atoms with Crippen molar-refractivity contribution in [1.82, 2.24) is 9.80 Å². The minimum absolute atomic E-state index is 0.306. The zero-order valence-corrected chi connectivity index (χ0v) is 21.0. The number of piperazine rings is 1. The summed E-state index contributed by atoms with van der Waals surface area (Å²) in [5.74, 6) is 0.764. The van der Waals surface area contributed by atoms with Gasteiger partial charge in [0.15, 0.2) is 0 Å². The van der Waals surface area contributed by atoms with E-state index in [1.165, 1.54) is 45.4 Å². The van der Waals surface area contributed by atoms with Crippen molar-refractivity contribution in [3.05, 3.63) is 0 Å². The summed E-state index contributed by atoms with van der Waals surface area (Å²) in [6.45, 7) is 32.0. The van der Waals surface area contributed by atoms with Crippen LogP contribution in [-0.4, -0.2) is 49.1 Å². The Bertz CT molecular complexity index is 442. The largest absolute Gasteiger partial charge is 0.304 e. The molecule has 0 aliphatic carbocycles. The molecule has 1 saturated heterocycles. The van der Waals surface area contributed by atoms with Gasteiger partial charge in [0, 0.05) is 32.2 Å². The van der Waals surface area contributed by atoms with Crippen LogP contribution in [0.3, 0.4) is 0 Å². The monoisotopic (exact) mass is 380 g/mol. The molecule has 162 valence electrons. The molecule has 0 N–H and O–H groups in total. The summed E-state index contributed by atoms with van der Waals surface area (Å²) in [6, 6.07) is 0.646. The average Bonchev–Trinajstić information content (AvgIpc) is 2.49. The van der Waals surface area contributed by atoms with Gasteiger partial charge in [-0.3, -0.25) is 4.90 Å². The summed E-state index contributed by atoms with van der Waals surface area (Å²) >= 11 is 0. The topological polar surface area (TPSA) is 6.48 Å². The molecule has 0 aromatic heterocycles. The van der Waals surface area contributed by atoms with Gasteiger partial charge in [-0.1, -0.05) is 82.6 Å². The van der Waals surface area contributed by atoms with E-state index in [-0.39, 0.29) is 0 Å². The van der Waals surface area contributed by atoms with E-state index in [4.69, 9.17) is 0 Å². The first-order chi connectivity index (χ1) is 12.0. The predicted molar refractivity (Wildman–Crippen MR) is 122 cm³/mol. The lowest BCUT2D eigenvalue weighted by Gasteiger charge is -2.53. The second-order valence-electron chi connectivity index (χ2n) is 12.9. The Morgan fingerprint density at radius 2 is 1.22 bits per heavy atom. The van der Waals surface area contributed by atoms with E-state index < -0.39 is 0 Å². The van der Waals surface area contributed by atoms with Gasteiger partial charge in [-0.05, 0) is 47.5 Å². The lowest BCUT2D eigenvalue weighted by molar-refractivity contribution is -0.0390. The second kappa shape index (κ2) is 8.74. The second-order valence-corrected chi connectivity index (χ2v) is 12.9. The maximum atomic E-state index is 2.79. The molecule has 0 amide bonds. The van der Waals surface area contributed by atoms with Gasteiger partial charge < -0.3 is 4.90 Å². The number of hydrogen-bond acceptors (Lipinski definition) is 2. The predicted octanol–water partition coefficient (Wildman–Crippen LogP) is 6.55. The summed E-state index contributed by atoms with van der Waals surface area (Å²) in [6.07, 6.45) is 3.88. The fourth-order valence-corrected chi connectivity index (χ4v) is 5.06. The molecule has 27 heavy (non-hydrogen) atoms.